The predicted octanol–water partition coefficient (Wildman–Crippen LogP) is 25.4. The van der Waals surface area contributed by atoms with Crippen LogP contribution >= 0.6 is 11.6 Å². The average Bonchev–Trinajstić information content (AvgIpc) is 1.57. The van der Waals surface area contributed by atoms with Crippen LogP contribution in [0, 0.1) is 0 Å². The fourth-order valence-corrected chi connectivity index (χ4v) is 15.5. The summed E-state index contributed by atoms with van der Waals surface area (Å²) < 4.78 is 49.7. The summed E-state index contributed by atoms with van der Waals surface area (Å²) in [4.78, 5) is 28.2. The van der Waals surface area contributed by atoms with Gasteiger partial charge in [0.25, 0.3) is 0 Å². The van der Waals surface area contributed by atoms with Gasteiger partial charge in [0, 0.05) is 81.3 Å². The van der Waals surface area contributed by atoms with Crippen LogP contribution in [0.3, 0.4) is 0 Å². The molecule has 16 heteroatoms. The second-order valence-electron chi connectivity index (χ2n) is 29.2. The Kier molecular flexibility index (Phi) is 15.5. The van der Waals surface area contributed by atoms with Gasteiger partial charge in [-0.15, -0.1) is 0 Å². The maximum absolute atomic E-state index is 6.44. The summed E-state index contributed by atoms with van der Waals surface area (Å²) in [7, 11) is -0.412. The van der Waals surface area contributed by atoms with E-state index in [1.807, 2.05) is 188 Å². The van der Waals surface area contributed by atoms with Crippen LogP contribution in [0.5, 0.6) is 0 Å². The molecule has 0 saturated carbocycles. The number of para-hydroxylation sites is 6. The molecule has 1 aliphatic heterocycles. The lowest BCUT2D eigenvalue weighted by molar-refractivity contribution is 0.00578. The number of hydrogen-bond acceptors (Lipinski definition) is 14. The minimum Gasteiger partial charge on any atom is -0.456 e. The summed E-state index contributed by atoms with van der Waals surface area (Å²) in [5, 5.41) is 13.0. The molecule has 0 aliphatic carbocycles. The van der Waals surface area contributed by atoms with Crippen molar-refractivity contribution >= 4 is 156 Å². The Labute approximate surface area is 644 Å². The highest BCUT2D eigenvalue weighted by atomic mass is 35.5. The molecule has 0 spiro atoms. The molecule has 9 heterocycles. The van der Waals surface area contributed by atoms with Gasteiger partial charge in [-0.05, 0) is 170 Å². The molecule has 0 N–H and O–H groups in total. The van der Waals surface area contributed by atoms with Gasteiger partial charge in [-0.2, -0.15) is 9.97 Å². The fraction of sp³-hybridized carbons (Fsp3) is 0.0625. The molecule has 534 valence electrons. The van der Waals surface area contributed by atoms with Crippen LogP contribution in [0.2, 0.25) is 5.28 Å². The van der Waals surface area contributed by atoms with Crippen LogP contribution in [-0.4, -0.2) is 48.2 Å². The van der Waals surface area contributed by atoms with Crippen molar-refractivity contribution in [1.29, 1.82) is 0 Å². The highest BCUT2D eigenvalue weighted by Gasteiger charge is 2.52. The van der Waals surface area contributed by atoms with Gasteiger partial charge in [-0.25, -0.2) is 19.9 Å². The van der Waals surface area contributed by atoms with E-state index in [-0.39, 0.29) is 16.5 Å². The van der Waals surface area contributed by atoms with E-state index in [1.165, 1.54) is 0 Å². The lowest BCUT2D eigenvalue weighted by Gasteiger charge is -2.32. The van der Waals surface area contributed by atoms with Crippen molar-refractivity contribution in [3.05, 3.63) is 309 Å². The Morgan fingerprint density at radius 1 is 0.232 bits per heavy atom. The number of halogens is 1. The fourth-order valence-electron chi connectivity index (χ4n) is 15.4. The largest absolute Gasteiger partial charge is 0.494 e. The average molecular weight is 1470 g/mol. The number of hydrogen-bond donors (Lipinski definition) is 0. The third-order valence-electron chi connectivity index (χ3n) is 21.8. The lowest BCUT2D eigenvalue weighted by Crippen LogP contribution is -2.41. The second kappa shape index (κ2) is 26.2. The molecule has 0 atom stereocenters. The van der Waals surface area contributed by atoms with Crippen LogP contribution in [0.1, 0.15) is 27.7 Å². The molecule has 1 saturated heterocycles. The molecule has 0 unspecified atom stereocenters. The third-order valence-corrected chi connectivity index (χ3v) is 21.9. The maximum Gasteiger partial charge on any atom is 0.494 e. The minimum atomic E-state index is -0.412. The van der Waals surface area contributed by atoms with Crippen LogP contribution in [0.15, 0.2) is 330 Å². The van der Waals surface area contributed by atoms with Gasteiger partial charge in [0.1, 0.15) is 67.0 Å². The maximum atomic E-state index is 6.44. The summed E-state index contributed by atoms with van der Waals surface area (Å²) >= 11 is 6.19. The van der Waals surface area contributed by atoms with Gasteiger partial charge in [0.2, 0.25) is 5.28 Å². The second-order valence-corrected chi connectivity index (χ2v) is 29.5. The molecular formula is C96H62BClN6O8. The van der Waals surface area contributed by atoms with Gasteiger partial charge in [0.05, 0.1) is 22.3 Å². The van der Waals surface area contributed by atoms with E-state index in [9.17, 15) is 0 Å². The van der Waals surface area contributed by atoms with E-state index in [4.69, 9.17) is 62.4 Å². The molecule has 23 rings (SSSR count). The topological polar surface area (TPSA) is 175 Å². The molecule has 0 bridgehead atoms. The molecule has 8 aromatic heterocycles. The minimum absolute atomic E-state index is 0.155. The van der Waals surface area contributed by atoms with Crippen molar-refractivity contribution in [2.45, 2.75) is 38.9 Å². The quantitative estimate of drug-likeness (QED) is 0.131. The van der Waals surface area contributed by atoms with E-state index in [2.05, 4.69) is 158 Å². The normalized spacial score (nSPS) is 13.5. The Morgan fingerprint density at radius 2 is 0.545 bits per heavy atom. The standard InChI is InChI=1S/C45H25N3O3.C30H25BO4.C21H12ClN3O/c1-2-9-26(10-3-1)43-46-44(48-45(47-43)34-14-8-13-33-30-11-4-7-16-38(30)51-42(33)34)29-17-20-32-36-24-28(19-22-40(36)50-41(32)25-29)27-18-21-39-35(23-27)31-12-5-6-15-37(31)49-39;1-29(2)30(3,4)35-31(34-29)20-11-12-22-24-16-19(10-14-27(24)33-28(22)17-20)18-9-13-26-23(15-18)21-7-5-6-8-25(21)32-26;22-21-24-19(13-7-2-1-3-8-13)23-20(25-21)16-11-6-10-15-14-9-4-5-12-17(14)26-18(15)16/h1-25H;5-17H,1-4H3;1-12H. The van der Waals surface area contributed by atoms with Crippen LogP contribution in [0.4, 0.5) is 0 Å². The van der Waals surface area contributed by atoms with E-state index in [1.54, 1.807) is 0 Å². The molecule has 22 aromatic rings. The number of furan rings is 6. The first kappa shape index (κ1) is 66.4. The summed E-state index contributed by atoms with van der Waals surface area (Å²) in [6.07, 6.45) is 0. The van der Waals surface area contributed by atoms with Gasteiger partial charge in [0.15, 0.2) is 29.1 Å². The van der Waals surface area contributed by atoms with E-state index >= 15 is 0 Å². The molecule has 1 fully saturated rings. The van der Waals surface area contributed by atoms with E-state index in [0.717, 1.165) is 187 Å². The Bertz CT molecular complexity index is 7510. The van der Waals surface area contributed by atoms with Gasteiger partial charge in [-0.3, -0.25) is 0 Å². The number of rotatable bonds is 8. The number of aromatic nitrogens is 6. The van der Waals surface area contributed by atoms with Crippen molar-refractivity contribution in [3.63, 3.8) is 0 Å². The highest BCUT2D eigenvalue weighted by molar-refractivity contribution is 6.62. The van der Waals surface area contributed by atoms with Crippen molar-refractivity contribution in [3.8, 4) is 79.2 Å². The van der Waals surface area contributed by atoms with Gasteiger partial charge < -0.3 is 35.8 Å². The molecule has 0 amide bonds. The van der Waals surface area contributed by atoms with E-state index < -0.39 is 7.12 Å². The van der Waals surface area contributed by atoms with Crippen molar-refractivity contribution in [2.24, 2.45) is 0 Å². The first-order chi connectivity index (χ1) is 54.8. The Balaban J connectivity index is 0.000000113. The number of benzene rings is 14. The zero-order chi connectivity index (χ0) is 74.9. The Hall–Kier alpha value is -13.8. The van der Waals surface area contributed by atoms with Gasteiger partial charge >= 0.3 is 7.12 Å². The van der Waals surface area contributed by atoms with Crippen LogP contribution in [0.25, 0.3) is 211 Å². The summed E-state index contributed by atoms with van der Waals surface area (Å²) in [5.41, 5.74) is 19.0. The highest BCUT2D eigenvalue weighted by Crippen LogP contribution is 2.43. The van der Waals surface area contributed by atoms with Crippen LogP contribution < -0.4 is 5.46 Å². The molecule has 14 aromatic carbocycles. The van der Waals surface area contributed by atoms with Crippen molar-refractivity contribution in [1.82, 2.24) is 29.9 Å². The molecule has 112 heavy (non-hydrogen) atoms. The van der Waals surface area contributed by atoms with Gasteiger partial charge in [-0.1, -0.05) is 200 Å². The lowest BCUT2D eigenvalue weighted by atomic mass is 9.79. The summed E-state index contributed by atoms with van der Waals surface area (Å²) in [5.74, 6) is 2.71. The molecular weight excluding hydrogens is 1410 g/mol. The third kappa shape index (κ3) is 11.5. The smallest absolute Gasteiger partial charge is 0.456 e. The first-order valence-corrected chi connectivity index (χ1v) is 37.4. The first-order valence-electron chi connectivity index (χ1n) is 37.0. The summed E-state index contributed by atoms with van der Waals surface area (Å²) in [6, 6.07) is 102. The zero-order valence-electron chi connectivity index (χ0n) is 60.8. The molecule has 14 nitrogen and oxygen atoms in total. The van der Waals surface area contributed by atoms with E-state index in [0.29, 0.717) is 29.1 Å². The molecule has 0 radical (unpaired) electrons. The van der Waals surface area contributed by atoms with Crippen LogP contribution in [-0.2, 0) is 9.31 Å². The predicted molar refractivity (Wildman–Crippen MR) is 449 cm³/mol. The summed E-state index contributed by atoms with van der Waals surface area (Å²) in [6.45, 7) is 8.27. The van der Waals surface area contributed by atoms with Crippen molar-refractivity contribution < 1.29 is 35.8 Å². The zero-order valence-corrected chi connectivity index (χ0v) is 61.5. The SMILES string of the molecule is CC1(C)OB(c2ccc3c(c2)oc2ccc(-c4ccc5oc6ccccc6c5c4)cc23)OC1(C)C.Clc1nc(-c2ccccc2)nc(-c2cccc3c2oc2ccccc23)n1.c1ccc(-c2nc(-c3ccc4c(c3)oc3ccc(-c5ccc6oc7ccccc7c6c5)cc34)nc(-c3cccc4c3oc3ccccc34)n2)cc1. The monoisotopic (exact) mass is 1470 g/mol. The number of nitrogens with zero attached hydrogens (tertiary/aromatic N) is 6. The molecule has 1 aliphatic rings. The van der Waals surface area contributed by atoms with Crippen molar-refractivity contribution in [2.75, 3.05) is 0 Å². The Morgan fingerprint density at radius 3 is 1.00 bits per heavy atom. The number of fused-ring (bicyclic) bond motifs is 18.